The molecule has 4 aromatic rings. The minimum Gasteiger partial charge on any atom is -0.455 e. The molecule has 0 aliphatic carbocycles. The van der Waals surface area contributed by atoms with Crippen LogP contribution in [-0.2, 0) is 7.05 Å². The predicted molar refractivity (Wildman–Crippen MR) is 95.4 cm³/mol. The second kappa shape index (κ2) is 4.54. The van der Waals surface area contributed by atoms with Crippen LogP contribution in [0.25, 0.3) is 32.9 Å². The molecule has 3 heterocycles. The SMILES string of the molecule is Cc1cc2c3c([n+](C)ccc3c1)-c1c(cc3ncccc3c1C)O2. The van der Waals surface area contributed by atoms with Crippen molar-refractivity contribution in [3.05, 3.63) is 59.9 Å². The van der Waals surface area contributed by atoms with Crippen LogP contribution in [0.4, 0.5) is 0 Å². The summed E-state index contributed by atoms with van der Waals surface area (Å²) in [6.45, 7) is 4.26. The number of hydrogen-bond acceptors (Lipinski definition) is 2. The number of pyridine rings is 2. The molecule has 0 atom stereocenters. The van der Waals surface area contributed by atoms with Crippen LogP contribution in [0.5, 0.6) is 11.5 Å². The maximum absolute atomic E-state index is 6.32. The number of rotatable bonds is 0. The Hall–Kier alpha value is -2.94. The van der Waals surface area contributed by atoms with Crippen LogP contribution in [0, 0.1) is 13.8 Å². The highest BCUT2D eigenvalue weighted by Crippen LogP contribution is 2.48. The van der Waals surface area contributed by atoms with Crippen molar-refractivity contribution in [3.63, 3.8) is 0 Å². The van der Waals surface area contributed by atoms with E-state index in [1.165, 1.54) is 38.5 Å². The summed E-state index contributed by atoms with van der Waals surface area (Å²) >= 11 is 0. The largest absolute Gasteiger partial charge is 0.455 e. The topological polar surface area (TPSA) is 26.0 Å². The van der Waals surface area contributed by atoms with E-state index < -0.39 is 0 Å². The molecule has 0 N–H and O–H groups in total. The van der Waals surface area contributed by atoms with Crippen LogP contribution in [0.1, 0.15) is 11.1 Å². The zero-order valence-corrected chi connectivity index (χ0v) is 13.9. The molecule has 0 saturated carbocycles. The van der Waals surface area contributed by atoms with Gasteiger partial charge in [-0.25, -0.2) is 4.57 Å². The fourth-order valence-corrected chi connectivity index (χ4v) is 3.85. The van der Waals surface area contributed by atoms with E-state index in [1.54, 1.807) is 0 Å². The van der Waals surface area contributed by atoms with Crippen LogP contribution in [0.2, 0.25) is 0 Å². The Morgan fingerprint density at radius 1 is 1.04 bits per heavy atom. The van der Waals surface area contributed by atoms with E-state index in [2.05, 4.69) is 67.0 Å². The summed E-state index contributed by atoms with van der Waals surface area (Å²) in [5, 5.41) is 3.58. The van der Waals surface area contributed by atoms with E-state index in [0.29, 0.717) is 0 Å². The third-order valence-electron chi connectivity index (χ3n) is 4.93. The lowest BCUT2D eigenvalue weighted by Gasteiger charge is -2.22. The zero-order chi connectivity index (χ0) is 16.4. The van der Waals surface area contributed by atoms with Crippen molar-refractivity contribution < 1.29 is 9.30 Å². The third-order valence-corrected chi connectivity index (χ3v) is 4.93. The Labute approximate surface area is 140 Å². The fourth-order valence-electron chi connectivity index (χ4n) is 3.85. The molecule has 2 aromatic heterocycles. The molecule has 0 spiro atoms. The molecule has 0 amide bonds. The normalized spacial score (nSPS) is 12.3. The fraction of sp³-hybridized carbons (Fsp3) is 0.143. The van der Waals surface area contributed by atoms with Gasteiger partial charge in [-0.2, -0.15) is 0 Å². The summed E-state index contributed by atoms with van der Waals surface area (Å²) in [5.74, 6) is 1.82. The molecule has 0 bridgehead atoms. The monoisotopic (exact) mass is 313 g/mol. The molecule has 1 aliphatic heterocycles. The predicted octanol–water partition coefficient (Wildman–Crippen LogP) is 4.60. The minimum atomic E-state index is 0.889. The molecule has 0 radical (unpaired) electrons. The van der Waals surface area contributed by atoms with Gasteiger partial charge in [-0.1, -0.05) is 12.1 Å². The lowest BCUT2D eigenvalue weighted by Crippen LogP contribution is -2.31. The Morgan fingerprint density at radius 2 is 1.92 bits per heavy atom. The zero-order valence-electron chi connectivity index (χ0n) is 13.9. The molecule has 0 saturated heterocycles. The second-order valence-corrected chi connectivity index (χ2v) is 6.55. The number of fused-ring (bicyclic) bond motifs is 3. The Bertz CT molecular complexity index is 1160. The smallest absolute Gasteiger partial charge is 0.228 e. The Kier molecular flexibility index (Phi) is 2.55. The van der Waals surface area contributed by atoms with Gasteiger partial charge in [0.2, 0.25) is 5.69 Å². The highest BCUT2D eigenvalue weighted by molar-refractivity contribution is 6.04. The minimum absolute atomic E-state index is 0.889. The molecule has 5 rings (SSSR count). The molecule has 3 heteroatoms. The quantitative estimate of drug-likeness (QED) is 0.390. The maximum atomic E-state index is 6.32. The van der Waals surface area contributed by atoms with Gasteiger partial charge in [-0.05, 0) is 42.5 Å². The van der Waals surface area contributed by atoms with Gasteiger partial charge < -0.3 is 4.74 Å². The third kappa shape index (κ3) is 1.67. The molecule has 24 heavy (non-hydrogen) atoms. The second-order valence-electron chi connectivity index (χ2n) is 6.55. The first kappa shape index (κ1) is 13.5. The number of aromatic nitrogens is 2. The highest BCUT2D eigenvalue weighted by Gasteiger charge is 2.30. The summed E-state index contributed by atoms with van der Waals surface area (Å²) < 4.78 is 8.51. The van der Waals surface area contributed by atoms with Gasteiger partial charge in [0.15, 0.2) is 6.20 Å². The van der Waals surface area contributed by atoms with Crippen LogP contribution in [-0.4, -0.2) is 4.98 Å². The van der Waals surface area contributed by atoms with Crippen molar-refractivity contribution in [3.8, 4) is 22.8 Å². The van der Waals surface area contributed by atoms with Gasteiger partial charge in [0.1, 0.15) is 18.5 Å². The summed E-state index contributed by atoms with van der Waals surface area (Å²) in [5.41, 5.74) is 5.77. The van der Waals surface area contributed by atoms with Crippen molar-refractivity contribution in [2.75, 3.05) is 0 Å². The molecule has 116 valence electrons. The van der Waals surface area contributed by atoms with Crippen LogP contribution >= 0.6 is 0 Å². The standard InChI is InChI=1S/C21H17N2O/c1-12-9-14-6-8-23(3)21-19-13(2)15-5-4-7-22-16(15)11-18(19)24-17(10-12)20(14)21/h4-11H,1-3H3/q+1. The highest BCUT2D eigenvalue weighted by atomic mass is 16.5. The van der Waals surface area contributed by atoms with E-state index in [4.69, 9.17) is 4.74 Å². The van der Waals surface area contributed by atoms with Crippen LogP contribution < -0.4 is 9.30 Å². The molecular formula is C21H17N2O+. The van der Waals surface area contributed by atoms with Crippen molar-refractivity contribution >= 4 is 21.7 Å². The average Bonchev–Trinajstić information content (AvgIpc) is 2.57. The number of aryl methyl sites for hydroxylation is 3. The molecule has 3 nitrogen and oxygen atoms in total. The van der Waals surface area contributed by atoms with Crippen LogP contribution in [0.15, 0.2) is 48.8 Å². The number of benzene rings is 2. The lowest BCUT2D eigenvalue weighted by molar-refractivity contribution is -0.659. The molecule has 0 fully saturated rings. The van der Waals surface area contributed by atoms with E-state index in [9.17, 15) is 0 Å². The number of hydrogen-bond donors (Lipinski definition) is 0. The first-order valence-electron chi connectivity index (χ1n) is 8.13. The summed E-state index contributed by atoms with van der Waals surface area (Å²) in [4.78, 5) is 4.51. The van der Waals surface area contributed by atoms with Gasteiger partial charge in [0.05, 0.1) is 16.5 Å². The molecule has 0 unspecified atom stereocenters. The van der Waals surface area contributed by atoms with Gasteiger partial charge in [-0.15, -0.1) is 0 Å². The van der Waals surface area contributed by atoms with Gasteiger partial charge in [0, 0.05) is 23.7 Å². The first-order chi connectivity index (χ1) is 11.6. The van der Waals surface area contributed by atoms with E-state index >= 15 is 0 Å². The van der Waals surface area contributed by atoms with E-state index in [-0.39, 0.29) is 0 Å². The summed E-state index contributed by atoms with van der Waals surface area (Å²) in [7, 11) is 2.10. The Morgan fingerprint density at radius 3 is 2.79 bits per heavy atom. The molecular weight excluding hydrogens is 296 g/mol. The average molecular weight is 313 g/mol. The van der Waals surface area contributed by atoms with Crippen molar-refractivity contribution in [1.29, 1.82) is 0 Å². The van der Waals surface area contributed by atoms with Crippen molar-refractivity contribution in [2.45, 2.75) is 13.8 Å². The number of ether oxygens (including phenoxy) is 1. The van der Waals surface area contributed by atoms with E-state index in [0.717, 1.165) is 17.0 Å². The number of nitrogens with zero attached hydrogens (tertiary/aromatic N) is 2. The first-order valence-corrected chi connectivity index (χ1v) is 8.13. The lowest BCUT2D eigenvalue weighted by atomic mass is 9.93. The van der Waals surface area contributed by atoms with Gasteiger partial charge in [-0.3, -0.25) is 4.98 Å². The summed E-state index contributed by atoms with van der Waals surface area (Å²) in [6, 6.07) is 12.7. The van der Waals surface area contributed by atoms with E-state index in [1.807, 2.05) is 12.3 Å². The van der Waals surface area contributed by atoms with Gasteiger partial charge >= 0.3 is 0 Å². The molecule has 2 aromatic carbocycles. The van der Waals surface area contributed by atoms with Crippen LogP contribution in [0.3, 0.4) is 0 Å². The van der Waals surface area contributed by atoms with Crippen molar-refractivity contribution in [1.82, 2.24) is 4.98 Å². The maximum Gasteiger partial charge on any atom is 0.228 e. The Balaban J connectivity index is 2.01. The van der Waals surface area contributed by atoms with Gasteiger partial charge in [0.25, 0.3) is 0 Å². The van der Waals surface area contributed by atoms with Crippen molar-refractivity contribution in [2.24, 2.45) is 7.05 Å². The molecule has 1 aliphatic rings. The summed E-state index contributed by atoms with van der Waals surface area (Å²) in [6.07, 6.45) is 3.96.